The van der Waals surface area contributed by atoms with E-state index in [-0.39, 0.29) is 6.54 Å². The SMILES string of the molecule is Cc1cc2c(=O)n(-c3ccccc3)c(=O)n(CC(=O)Nc3ccc(C(N)=O)cc3)c2s1. The molecule has 0 unspecified atom stereocenters. The van der Waals surface area contributed by atoms with Crippen molar-refractivity contribution in [1.29, 1.82) is 0 Å². The summed E-state index contributed by atoms with van der Waals surface area (Å²) in [5.41, 5.74) is 5.41. The lowest BCUT2D eigenvalue weighted by Gasteiger charge is -2.12. The van der Waals surface area contributed by atoms with Gasteiger partial charge in [-0.1, -0.05) is 18.2 Å². The van der Waals surface area contributed by atoms with E-state index in [4.69, 9.17) is 5.73 Å². The summed E-state index contributed by atoms with van der Waals surface area (Å²) in [7, 11) is 0. The van der Waals surface area contributed by atoms with E-state index in [2.05, 4.69) is 5.32 Å². The van der Waals surface area contributed by atoms with Crippen molar-refractivity contribution >= 4 is 39.1 Å². The molecule has 31 heavy (non-hydrogen) atoms. The number of carbonyl (C=O) groups excluding carboxylic acids is 2. The number of aromatic nitrogens is 2. The van der Waals surface area contributed by atoms with Crippen LogP contribution in [0.1, 0.15) is 15.2 Å². The van der Waals surface area contributed by atoms with Crippen molar-refractivity contribution in [1.82, 2.24) is 9.13 Å². The molecule has 0 bridgehead atoms. The van der Waals surface area contributed by atoms with Crippen molar-refractivity contribution in [2.75, 3.05) is 5.32 Å². The van der Waals surface area contributed by atoms with Gasteiger partial charge in [-0.25, -0.2) is 9.36 Å². The number of thiophene rings is 1. The Bertz CT molecular complexity index is 1420. The highest BCUT2D eigenvalue weighted by Crippen LogP contribution is 2.22. The number of aryl methyl sites for hydroxylation is 1. The summed E-state index contributed by atoms with van der Waals surface area (Å²) in [5, 5.41) is 3.07. The third-order valence-electron chi connectivity index (χ3n) is 4.71. The summed E-state index contributed by atoms with van der Waals surface area (Å²) in [6, 6.07) is 16.4. The molecule has 0 radical (unpaired) electrons. The zero-order valence-electron chi connectivity index (χ0n) is 16.5. The van der Waals surface area contributed by atoms with Crippen molar-refractivity contribution in [3.63, 3.8) is 0 Å². The van der Waals surface area contributed by atoms with Gasteiger partial charge in [-0.15, -0.1) is 11.3 Å². The maximum absolute atomic E-state index is 13.2. The number of hydrogen-bond acceptors (Lipinski definition) is 5. The highest BCUT2D eigenvalue weighted by Gasteiger charge is 2.18. The molecule has 0 saturated heterocycles. The molecule has 0 spiro atoms. The van der Waals surface area contributed by atoms with Crippen LogP contribution in [-0.2, 0) is 11.3 Å². The third-order valence-corrected chi connectivity index (χ3v) is 5.78. The Kier molecular flexibility index (Phi) is 5.26. The topological polar surface area (TPSA) is 116 Å². The first-order valence-corrected chi connectivity index (χ1v) is 10.2. The maximum Gasteiger partial charge on any atom is 0.337 e. The molecule has 4 aromatic rings. The summed E-state index contributed by atoms with van der Waals surface area (Å²) < 4.78 is 2.37. The number of rotatable bonds is 5. The monoisotopic (exact) mass is 434 g/mol. The molecule has 2 amide bonds. The van der Waals surface area contributed by atoms with E-state index >= 15 is 0 Å². The second-order valence-electron chi connectivity index (χ2n) is 6.91. The number of benzene rings is 2. The smallest absolute Gasteiger partial charge is 0.337 e. The number of para-hydroxylation sites is 1. The Morgan fingerprint density at radius 2 is 1.71 bits per heavy atom. The highest BCUT2D eigenvalue weighted by molar-refractivity contribution is 7.18. The first-order valence-electron chi connectivity index (χ1n) is 9.36. The predicted molar refractivity (Wildman–Crippen MR) is 120 cm³/mol. The van der Waals surface area contributed by atoms with E-state index in [9.17, 15) is 19.2 Å². The van der Waals surface area contributed by atoms with Crippen molar-refractivity contribution < 1.29 is 9.59 Å². The van der Waals surface area contributed by atoms with E-state index < -0.39 is 23.1 Å². The molecule has 9 heteroatoms. The van der Waals surface area contributed by atoms with Crippen LogP contribution in [0.5, 0.6) is 0 Å². The lowest BCUT2D eigenvalue weighted by atomic mass is 10.2. The number of nitrogens with zero attached hydrogens (tertiary/aromatic N) is 2. The Hall–Kier alpha value is -3.98. The summed E-state index contributed by atoms with van der Waals surface area (Å²) >= 11 is 1.28. The summed E-state index contributed by atoms with van der Waals surface area (Å²) in [6.07, 6.45) is 0. The van der Waals surface area contributed by atoms with Gasteiger partial charge in [0.2, 0.25) is 11.8 Å². The number of amides is 2. The minimum absolute atomic E-state index is 0.278. The fraction of sp³-hybridized carbons (Fsp3) is 0.0909. The number of hydrogen-bond donors (Lipinski definition) is 2. The molecule has 8 nitrogen and oxygen atoms in total. The number of nitrogens with two attached hydrogens (primary N) is 1. The number of anilines is 1. The molecular formula is C22H18N4O4S. The molecule has 3 N–H and O–H groups in total. The van der Waals surface area contributed by atoms with Crippen LogP contribution < -0.4 is 22.3 Å². The van der Waals surface area contributed by atoms with Gasteiger partial charge in [0.25, 0.3) is 5.56 Å². The molecule has 2 aromatic carbocycles. The van der Waals surface area contributed by atoms with Gasteiger partial charge in [0.1, 0.15) is 11.4 Å². The zero-order chi connectivity index (χ0) is 22.1. The summed E-state index contributed by atoms with van der Waals surface area (Å²) in [4.78, 5) is 51.4. The minimum Gasteiger partial charge on any atom is -0.366 e. The van der Waals surface area contributed by atoms with E-state index in [0.29, 0.717) is 27.2 Å². The number of nitrogens with one attached hydrogen (secondary N) is 1. The molecule has 0 fully saturated rings. The molecule has 0 aliphatic carbocycles. The quantitative estimate of drug-likeness (QED) is 0.501. The van der Waals surface area contributed by atoms with E-state index in [1.807, 2.05) is 6.92 Å². The van der Waals surface area contributed by atoms with Gasteiger partial charge in [-0.05, 0) is 49.4 Å². The van der Waals surface area contributed by atoms with Crippen molar-refractivity contribution in [3.05, 3.63) is 91.9 Å². The summed E-state index contributed by atoms with van der Waals surface area (Å²) in [6.45, 7) is 1.56. The van der Waals surface area contributed by atoms with Gasteiger partial charge in [0.15, 0.2) is 0 Å². The molecule has 2 aromatic heterocycles. The first kappa shape index (κ1) is 20.3. The fourth-order valence-electron chi connectivity index (χ4n) is 3.28. The van der Waals surface area contributed by atoms with Gasteiger partial charge in [-0.3, -0.25) is 19.0 Å². The van der Waals surface area contributed by atoms with Crippen LogP contribution in [0.15, 0.2) is 70.3 Å². The molecule has 0 aliphatic rings. The first-order chi connectivity index (χ1) is 14.8. The van der Waals surface area contributed by atoms with Crippen molar-refractivity contribution in [2.45, 2.75) is 13.5 Å². The Labute approximate surface area is 180 Å². The fourth-order valence-corrected chi connectivity index (χ4v) is 4.27. The molecule has 0 aliphatic heterocycles. The van der Waals surface area contributed by atoms with E-state index in [0.717, 1.165) is 9.44 Å². The number of carbonyl (C=O) groups is 2. The summed E-state index contributed by atoms with van der Waals surface area (Å²) in [5.74, 6) is -1.01. The number of fused-ring (bicyclic) bond motifs is 1. The average molecular weight is 434 g/mol. The average Bonchev–Trinajstić information content (AvgIpc) is 3.14. The lowest BCUT2D eigenvalue weighted by Crippen LogP contribution is -2.40. The van der Waals surface area contributed by atoms with Gasteiger partial charge >= 0.3 is 5.69 Å². The lowest BCUT2D eigenvalue weighted by molar-refractivity contribution is -0.116. The van der Waals surface area contributed by atoms with Crippen molar-refractivity contribution in [3.8, 4) is 5.69 Å². The van der Waals surface area contributed by atoms with Gasteiger partial charge < -0.3 is 11.1 Å². The molecule has 2 heterocycles. The van der Waals surface area contributed by atoms with Crippen LogP contribution in [0.3, 0.4) is 0 Å². The van der Waals surface area contributed by atoms with E-state index in [1.165, 1.54) is 28.0 Å². The highest BCUT2D eigenvalue weighted by atomic mass is 32.1. The van der Waals surface area contributed by atoms with Gasteiger partial charge in [0, 0.05) is 16.1 Å². The van der Waals surface area contributed by atoms with Crippen LogP contribution >= 0.6 is 11.3 Å². The van der Waals surface area contributed by atoms with E-state index in [1.54, 1.807) is 48.5 Å². The molecule has 0 saturated carbocycles. The minimum atomic E-state index is -0.593. The van der Waals surface area contributed by atoms with Crippen LogP contribution in [0.25, 0.3) is 15.9 Å². The Balaban J connectivity index is 1.75. The maximum atomic E-state index is 13.2. The van der Waals surface area contributed by atoms with Crippen LogP contribution in [-0.4, -0.2) is 20.9 Å². The molecule has 0 atom stereocenters. The van der Waals surface area contributed by atoms with Crippen LogP contribution in [0.2, 0.25) is 0 Å². The van der Waals surface area contributed by atoms with Crippen LogP contribution in [0, 0.1) is 6.92 Å². The molecular weight excluding hydrogens is 416 g/mol. The largest absolute Gasteiger partial charge is 0.366 e. The van der Waals surface area contributed by atoms with Crippen LogP contribution in [0.4, 0.5) is 5.69 Å². The molecule has 4 rings (SSSR count). The zero-order valence-corrected chi connectivity index (χ0v) is 17.3. The molecule has 156 valence electrons. The van der Waals surface area contributed by atoms with Gasteiger partial charge in [0.05, 0.1) is 11.1 Å². The van der Waals surface area contributed by atoms with Crippen molar-refractivity contribution in [2.24, 2.45) is 5.73 Å². The second kappa shape index (κ2) is 8.04. The standard InChI is InChI=1S/C22H18N4O4S/c1-13-11-17-20(29)26(16-5-3-2-4-6-16)22(30)25(21(17)31-13)12-18(27)24-15-9-7-14(8-10-15)19(23)28/h2-11H,12H2,1H3,(H2,23,28)(H,24,27). The third kappa shape index (κ3) is 3.90. The Morgan fingerprint density at radius 3 is 2.35 bits per heavy atom. The van der Waals surface area contributed by atoms with Gasteiger partial charge in [-0.2, -0.15) is 0 Å². The predicted octanol–water partition coefficient (Wildman–Crippen LogP) is 2.26. The second-order valence-corrected chi connectivity index (χ2v) is 8.15. The number of primary amides is 1. The normalized spacial score (nSPS) is 10.9. The Morgan fingerprint density at radius 1 is 1.03 bits per heavy atom.